The summed E-state index contributed by atoms with van der Waals surface area (Å²) in [6.07, 6.45) is 7.57. The van der Waals surface area contributed by atoms with E-state index in [2.05, 4.69) is 4.90 Å². The Balaban J connectivity index is 1.41. The highest BCUT2D eigenvalue weighted by atomic mass is 16.6. The molecule has 3 saturated heterocycles. The fraction of sp³-hybridized carbons (Fsp3) is 0.735. The molecule has 2 amide bonds. The molecule has 12 heteroatoms. The summed E-state index contributed by atoms with van der Waals surface area (Å²) in [4.78, 5) is 44.1. The van der Waals surface area contributed by atoms with E-state index in [9.17, 15) is 24.6 Å². The van der Waals surface area contributed by atoms with Crippen LogP contribution in [-0.4, -0.2) is 132 Å². The first-order valence-corrected chi connectivity index (χ1v) is 16.6. The minimum absolute atomic E-state index is 0.0477. The van der Waals surface area contributed by atoms with Gasteiger partial charge in [-0.15, -0.1) is 0 Å². The summed E-state index contributed by atoms with van der Waals surface area (Å²) in [7, 11) is 2.00. The number of nitrogens with zero attached hydrogens (tertiary/aromatic N) is 3. The SMILES string of the molecule is C/C(=C\C=C\[C@@H](C)COC(=O)N1CCCC12COC2)[C@H]1OC(=O)C[C@H](O)CC[C@@](C)(O)[C@@H](OC(=O)N2CCN(C)CC2)/C=C/[C@@H]1C. The Morgan fingerprint density at radius 1 is 1.13 bits per heavy atom. The van der Waals surface area contributed by atoms with Crippen molar-refractivity contribution in [3.63, 3.8) is 0 Å². The Morgan fingerprint density at radius 3 is 2.52 bits per heavy atom. The number of rotatable bonds is 6. The van der Waals surface area contributed by atoms with Crippen LogP contribution in [0.3, 0.4) is 0 Å². The summed E-state index contributed by atoms with van der Waals surface area (Å²) in [5, 5.41) is 21.9. The number of hydrogen-bond donors (Lipinski definition) is 2. The number of carbonyl (C=O) groups is 3. The quantitative estimate of drug-likeness (QED) is 0.191. The molecule has 0 saturated carbocycles. The van der Waals surface area contributed by atoms with Crippen LogP contribution < -0.4 is 0 Å². The number of hydrogen-bond acceptors (Lipinski definition) is 10. The summed E-state index contributed by atoms with van der Waals surface area (Å²) in [5.74, 6) is -0.925. The maximum Gasteiger partial charge on any atom is 0.410 e. The molecule has 4 aliphatic heterocycles. The summed E-state index contributed by atoms with van der Waals surface area (Å²) in [6, 6.07) is 0. The van der Waals surface area contributed by atoms with E-state index in [0.29, 0.717) is 32.8 Å². The fourth-order valence-electron chi connectivity index (χ4n) is 6.31. The van der Waals surface area contributed by atoms with E-state index in [4.69, 9.17) is 18.9 Å². The molecule has 46 heavy (non-hydrogen) atoms. The van der Waals surface area contributed by atoms with Gasteiger partial charge < -0.3 is 39.0 Å². The van der Waals surface area contributed by atoms with Gasteiger partial charge in [0.2, 0.25) is 0 Å². The van der Waals surface area contributed by atoms with Crippen LogP contribution in [0.2, 0.25) is 0 Å². The highest BCUT2D eigenvalue weighted by Gasteiger charge is 2.50. The lowest BCUT2D eigenvalue weighted by molar-refractivity contribution is -0.151. The van der Waals surface area contributed by atoms with Crippen LogP contribution >= 0.6 is 0 Å². The van der Waals surface area contributed by atoms with Gasteiger partial charge in [-0.05, 0) is 58.2 Å². The third kappa shape index (κ3) is 9.33. The van der Waals surface area contributed by atoms with E-state index >= 15 is 0 Å². The molecule has 0 bridgehead atoms. The lowest BCUT2D eigenvalue weighted by atomic mass is 9.89. The minimum atomic E-state index is -1.47. The Morgan fingerprint density at radius 2 is 1.85 bits per heavy atom. The van der Waals surface area contributed by atoms with E-state index in [1.807, 2.05) is 46.0 Å². The topological polar surface area (TPSA) is 138 Å². The largest absolute Gasteiger partial charge is 0.457 e. The molecule has 0 radical (unpaired) electrons. The average Bonchev–Trinajstić information content (AvgIpc) is 3.46. The third-order valence-electron chi connectivity index (χ3n) is 9.59. The highest BCUT2D eigenvalue weighted by Crippen LogP contribution is 2.36. The molecule has 4 aliphatic rings. The van der Waals surface area contributed by atoms with Crippen LogP contribution in [-0.2, 0) is 23.7 Å². The Bertz CT molecular complexity index is 1160. The summed E-state index contributed by atoms with van der Waals surface area (Å²) in [5.41, 5.74) is -0.893. The maximum absolute atomic E-state index is 13.0. The number of cyclic esters (lactones) is 1. The molecule has 0 unspecified atom stereocenters. The number of aliphatic hydroxyl groups excluding tert-OH is 1. The van der Waals surface area contributed by atoms with Crippen molar-refractivity contribution in [2.24, 2.45) is 11.8 Å². The van der Waals surface area contributed by atoms with Crippen molar-refractivity contribution < 1.29 is 43.5 Å². The number of allylic oxidation sites excluding steroid dienone is 2. The molecule has 4 rings (SSSR count). The smallest absolute Gasteiger partial charge is 0.410 e. The van der Waals surface area contributed by atoms with Crippen molar-refractivity contribution in [2.75, 3.05) is 59.6 Å². The van der Waals surface area contributed by atoms with Gasteiger partial charge >= 0.3 is 18.2 Å². The molecular formula is C34H53N3O9. The Hall–Kier alpha value is -2.93. The number of piperazine rings is 1. The first kappa shape index (κ1) is 35.9. The Kier molecular flexibility index (Phi) is 12.3. The van der Waals surface area contributed by atoms with Crippen molar-refractivity contribution in [3.05, 3.63) is 36.0 Å². The number of esters is 1. The molecule has 1 spiro atoms. The Labute approximate surface area is 272 Å². The normalized spacial score (nSPS) is 32.7. The molecule has 0 aromatic carbocycles. The van der Waals surface area contributed by atoms with Crippen LogP contribution in [0.4, 0.5) is 9.59 Å². The molecule has 0 aromatic heterocycles. The van der Waals surface area contributed by atoms with Crippen molar-refractivity contribution in [3.8, 4) is 0 Å². The monoisotopic (exact) mass is 647 g/mol. The number of amides is 2. The van der Waals surface area contributed by atoms with E-state index in [1.54, 1.807) is 28.9 Å². The first-order chi connectivity index (χ1) is 21.8. The van der Waals surface area contributed by atoms with Gasteiger partial charge in [0.05, 0.1) is 37.9 Å². The molecule has 0 aromatic rings. The fourth-order valence-corrected chi connectivity index (χ4v) is 6.31. The van der Waals surface area contributed by atoms with E-state index in [0.717, 1.165) is 31.5 Å². The second kappa shape index (κ2) is 15.8. The third-order valence-corrected chi connectivity index (χ3v) is 9.59. The predicted octanol–water partition coefficient (Wildman–Crippen LogP) is 3.28. The van der Waals surface area contributed by atoms with E-state index < -0.39 is 36.0 Å². The molecule has 0 aliphatic carbocycles. The number of likely N-dealkylation sites (tertiary alicyclic amines) is 1. The molecule has 12 nitrogen and oxygen atoms in total. The van der Waals surface area contributed by atoms with Crippen molar-refractivity contribution in [1.82, 2.24) is 14.7 Å². The zero-order valence-corrected chi connectivity index (χ0v) is 28.1. The lowest BCUT2D eigenvalue weighted by Crippen LogP contribution is -2.60. The van der Waals surface area contributed by atoms with Gasteiger partial charge in [0, 0.05) is 44.6 Å². The van der Waals surface area contributed by atoms with Gasteiger partial charge in [-0.25, -0.2) is 9.59 Å². The molecule has 258 valence electrons. The van der Waals surface area contributed by atoms with Gasteiger partial charge in [-0.3, -0.25) is 9.69 Å². The first-order valence-electron chi connectivity index (χ1n) is 16.6. The number of ether oxygens (including phenoxy) is 4. The summed E-state index contributed by atoms with van der Waals surface area (Å²) in [6.45, 7) is 11.9. The van der Waals surface area contributed by atoms with Crippen LogP contribution in [0.1, 0.15) is 59.8 Å². The second-order valence-corrected chi connectivity index (χ2v) is 13.8. The van der Waals surface area contributed by atoms with Gasteiger partial charge in [0.25, 0.3) is 0 Å². The number of aliphatic hydroxyl groups is 2. The predicted molar refractivity (Wildman–Crippen MR) is 171 cm³/mol. The van der Waals surface area contributed by atoms with Gasteiger partial charge in [-0.1, -0.05) is 38.2 Å². The van der Waals surface area contributed by atoms with Crippen molar-refractivity contribution in [1.29, 1.82) is 0 Å². The highest BCUT2D eigenvalue weighted by molar-refractivity contribution is 5.71. The van der Waals surface area contributed by atoms with Gasteiger partial charge in [0.1, 0.15) is 11.7 Å². The minimum Gasteiger partial charge on any atom is -0.457 e. The van der Waals surface area contributed by atoms with Crippen LogP contribution in [0.15, 0.2) is 36.0 Å². The van der Waals surface area contributed by atoms with Crippen LogP contribution in [0, 0.1) is 11.8 Å². The van der Waals surface area contributed by atoms with E-state index in [1.165, 1.54) is 0 Å². The second-order valence-electron chi connectivity index (χ2n) is 13.8. The molecule has 3 fully saturated rings. The zero-order chi connectivity index (χ0) is 33.5. The molecular weight excluding hydrogens is 594 g/mol. The summed E-state index contributed by atoms with van der Waals surface area (Å²) < 4.78 is 22.7. The van der Waals surface area contributed by atoms with Crippen LogP contribution in [0.25, 0.3) is 0 Å². The van der Waals surface area contributed by atoms with E-state index in [-0.39, 0.29) is 49.3 Å². The standard InChI is InChI=1S/C34H53N3O9/c1-24(21-44-32(41)37-15-7-13-34(37)22-43-23-34)8-6-9-25(2)30-26(3)10-11-28(45-31(40)36-18-16-35(5)17-19-36)33(4,42)14-12-27(38)20-29(39)46-30/h6,8-11,24,26-28,30,38,42H,7,12-23H2,1-5H3/b8-6+,11-10+,25-9+/t24-,26+,27-,28+,30-,33-/m1/s1. The molecule has 2 N–H and O–H groups in total. The van der Waals surface area contributed by atoms with Gasteiger partial charge in [0.15, 0.2) is 6.10 Å². The average molecular weight is 648 g/mol. The zero-order valence-electron chi connectivity index (χ0n) is 28.1. The molecule has 4 heterocycles. The lowest BCUT2D eigenvalue weighted by Gasteiger charge is -2.44. The van der Waals surface area contributed by atoms with Crippen molar-refractivity contribution in [2.45, 2.75) is 89.3 Å². The maximum atomic E-state index is 13.0. The number of carbonyl (C=O) groups excluding carboxylic acids is 3. The van der Waals surface area contributed by atoms with Crippen molar-refractivity contribution >= 4 is 18.2 Å². The van der Waals surface area contributed by atoms with Crippen LogP contribution in [0.5, 0.6) is 0 Å². The van der Waals surface area contributed by atoms with Gasteiger partial charge in [-0.2, -0.15) is 0 Å². The number of likely N-dealkylation sites (N-methyl/N-ethyl adjacent to an activating group) is 1. The molecule has 6 atom stereocenters. The summed E-state index contributed by atoms with van der Waals surface area (Å²) >= 11 is 0.